The van der Waals surface area contributed by atoms with E-state index in [9.17, 15) is 4.79 Å². The van der Waals surface area contributed by atoms with Gasteiger partial charge in [-0.1, -0.05) is 0 Å². The lowest BCUT2D eigenvalue weighted by atomic mass is 10.2. The minimum absolute atomic E-state index is 0.0523. The van der Waals surface area contributed by atoms with Crippen LogP contribution >= 0.6 is 11.3 Å². The lowest BCUT2D eigenvalue weighted by Crippen LogP contribution is -2.13. The fourth-order valence-corrected chi connectivity index (χ4v) is 2.14. The van der Waals surface area contributed by atoms with Crippen LogP contribution in [0.2, 0.25) is 0 Å². The zero-order chi connectivity index (χ0) is 11.0. The van der Waals surface area contributed by atoms with Gasteiger partial charge in [-0.25, -0.2) is 4.98 Å². The molecule has 0 atom stereocenters. The molecule has 0 aliphatic carbocycles. The Morgan fingerprint density at radius 3 is 2.53 bits per heavy atom. The minimum Gasteiger partial charge on any atom is -0.306 e. The molecular weight excluding hydrogens is 208 g/mol. The van der Waals surface area contributed by atoms with E-state index in [0.717, 1.165) is 10.6 Å². The fourth-order valence-electron chi connectivity index (χ4n) is 1.32. The van der Waals surface area contributed by atoms with E-state index in [2.05, 4.69) is 9.97 Å². The molecule has 0 unspecified atom stereocenters. The molecule has 0 bridgehead atoms. The molecule has 0 aliphatic rings. The second-order valence-electron chi connectivity index (χ2n) is 3.54. The average molecular weight is 220 g/mol. The molecule has 0 fully saturated rings. The quantitative estimate of drug-likeness (QED) is 0.802. The number of nitrogens with zero attached hydrogens (tertiary/aromatic N) is 1. The number of aryl methyl sites for hydroxylation is 2. The first-order chi connectivity index (χ1) is 7.08. The number of hydrogen-bond acceptors (Lipinski definition) is 3. The molecule has 2 aromatic heterocycles. The van der Waals surface area contributed by atoms with Gasteiger partial charge >= 0.3 is 0 Å². The first-order valence-corrected chi connectivity index (χ1v) is 5.54. The second kappa shape index (κ2) is 3.62. The summed E-state index contributed by atoms with van der Waals surface area (Å²) in [4.78, 5) is 20.9. The Balaban J connectivity index is 2.60. The van der Waals surface area contributed by atoms with Crippen LogP contribution in [-0.2, 0) is 0 Å². The molecule has 0 aliphatic heterocycles. The largest absolute Gasteiger partial charge is 0.306 e. The maximum atomic E-state index is 11.5. The summed E-state index contributed by atoms with van der Waals surface area (Å²) in [6, 6.07) is 4.00. The zero-order valence-corrected chi connectivity index (χ0v) is 9.73. The van der Waals surface area contributed by atoms with E-state index >= 15 is 0 Å². The highest BCUT2D eigenvalue weighted by Gasteiger charge is 2.07. The number of nitrogens with one attached hydrogen (secondary N) is 1. The Bertz CT molecular complexity index is 554. The zero-order valence-electron chi connectivity index (χ0n) is 8.92. The van der Waals surface area contributed by atoms with E-state index < -0.39 is 0 Å². The summed E-state index contributed by atoms with van der Waals surface area (Å²) < 4.78 is 0. The van der Waals surface area contributed by atoms with E-state index in [1.807, 2.05) is 26.0 Å². The van der Waals surface area contributed by atoms with Crippen molar-refractivity contribution in [3.05, 3.63) is 38.6 Å². The van der Waals surface area contributed by atoms with Crippen LogP contribution in [-0.4, -0.2) is 9.97 Å². The highest BCUT2D eigenvalue weighted by atomic mass is 32.1. The third kappa shape index (κ3) is 1.85. The van der Waals surface area contributed by atoms with Crippen LogP contribution in [0.5, 0.6) is 0 Å². The molecule has 78 valence electrons. The van der Waals surface area contributed by atoms with E-state index in [0.29, 0.717) is 11.4 Å². The first-order valence-electron chi connectivity index (χ1n) is 4.72. The number of H-pyrrole nitrogens is 1. The van der Waals surface area contributed by atoms with E-state index in [1.54, 1.807) is 18.3 Å². The minimum atomic E-state index is -0.0523. The Labute approximate surface area is 91.8 Å². The van der Waals surface area contributed by atoms with E-state index in [-0.39, 0.29) is 5.56 Å². The third-order valence-electron chi connectivity index (χ3n) is 2.37. The lowest BCUT2D eigenvalue weighted by molar-refractivity contribution is 1.04. The van der Waals surface area contributed by atoms with Crippen LogP contribution < -0.4 is 5.56 Å². The van der Waals surface area contributed by atoms with Gasteiger partial charge in [-0.2, -0.15) is 0 Å². The number of hydrogen-bond donors (Lipinski definition) is 1. The molecule has 1 N–H and O–H groups in total. The Hall–Kier alpha value is -1.42. The van der Waals surface area contributed by atoms with Crippen LogP contribution in [0.25, 0.3) is 10.7 Å². The molecule has 3 nitrogen and oxygen atoms in total. The Morgan fingerprint density at radius 2 is 2.00 bits per heavy atom. The van der Waals surface area contributed by atoms with Gasteiger partial charge < -0.3 is 4.98 Å². The van der Waals surface area contributed by atoms with Crippen molar-refractivity contribution in [2.24, 2.45) is 0 Å². The molecule has 0 saturated heterocycles. The van der Waals surface area contributed by atoms with Crippen molar-refractivity contribution in [2.75, 3.05) is 0 Å². The summed E-state index contributed by atoms with van der Waals surface area (Å²) in [6.07, 6.45) is 0. The molecule has 0 amide bonds. The molecule has 2 rings (SSSR count). The standard InChI is InChI=1S/C11H12N2OS/c1-6-4-5-9(15-6)10-12-8(3)7(2)11(14)13-10/h4-5H,1-3H3,(H,12,13,14). The smallest absolute Gasteiger partial charge is 0.254 e. The highest BCUT2D eigenvalue weighted by Crippen LogP contribution is 2.24. The van der Waals surface area contributed by atoms with Crippen LogP contribution in [0.3, 0.4) is 0 Å². The molecule has 15 heavy (non-hydrogen) atoms. The molecule has 4 heteroatoms. The second-order valence-corrected chi connectivity index (χ2v) is 4.82. The van der Waals surface area contributed by atoms with Crippen molar-refractivity contribution in [3.8, 4) is 10.7 Å². The van der Waals surface area contributed by atoms with Gasteiger partial charge in [0.25, 0.3) is 5.56 Å². The third-order valence-corrected chi connectivity index (χ3v) is 3.38. The fraction of sp³-hybridized carbons (Fsp3) is 0.273. The van der Waals surface area contributed by atoms with Gasteiger partial charge in [0.05, 0.1) is 4.88 Å². The van der Waals surface area contributed by atoms with Crippen LogP contribution in [0.1, 0.15) is 16.1 Å². The predicted molar refractivity (Wildman–Crippen MR) is 62.4 cm³/mol. The molecule has 2 aromatic rings. The molecule has 0 radical (unpaired) electrons. The summed E-state index contributed by atoms with van der Waals surface area (Å²) in [5, 5.41) is 0. The molecule has 0 spiro atoms. The number of rotatable bonds is 1. The monoisotopic (exact) mass is 220 g/mol. The molecule has 2 heterocycles. The Kier molecular flexibility index (Phi) is 2.44. The summed E-state index contributed by atoms with van der Waals surface area (Å²) in [5.41, 5.74) is 1.43. The van der Waals surface area contributed by atoms with Gasteiger partial charge in [0, 0.05) is 16.1 Å². The maximum Gasteiger partial charge on any atom is 0.254 e. The molecular formula is C11H12N2OS. The molecule has 0 saturated carbocycles. The van der Waals surface area contributed by atoms with Crippen molar-refractivity contribution < 1.29 is 0 Å². The van der Waals surface area contributed by atoms with Crippen molar-refractivity contribution in [1.29, 1.82) is 0 Å². The van der Waals surface area contributed by atoms with Gasteiger partial charge in [0.2, 0.25) is 0 Å². The van der Waals surface area contributed by atoms with E-state index in [1.165, 1.54) is 4.88 Å². The first kappa shape index (κ1) is 10.1. The van der Waals surface area contributed by atoms with Gasteiger partial charge in [-0.15, -0.1) is 11.3 Å². The molecule has 0 aromatic carbocycles. The van der Waals surface area contributed by atoms with Gasteiger partial charge in [-0.3, -0.25) is 4.79 Å². The summed E-state index contributed by atoms with van der Waals surface area (Å²) in [7, 11) is 0. The van der Waals surface area contributed by atoms with Crippen molar-refractivity contribution in [1.82, 2.24) is 9.97 Å². The topological polar surface area (TPSA) is 45.8 Å². The lowest BCUT2D eigenvalue weighted by Gasteiger charge is -2.01. The van der Waals surface area contributed by atoms with Crippen molar-refractivity contribution >= 4 is 11.3 Å². The average Bonchev–Trinajstić information content (AvgIpc) is 2.60. The SMILES string of the molecule is Cc1ccc(-c2nc(C)c(C)c(=O)[nH]2)s1. The summed E-state index contributed by atoms with van der Waals surface area (Å²) in [5.74, 6) is 0.668. The number of aromatic amines is 1. The number of aromatic nitrogens is 2. The van der Waals surface area contributed by atoms with Gasteiger partial charge in [0.1, 0.15) is 0 Å². The van der Waals surface area contributed by atoms with Crippen LogP contribution in [0, 0.1) is 20.8 Å². The van der Waals surface area contributed by atoms with Gasteiger partial charge in [0.15, 0.2) is 5.82 Å². The van der Waals surface area contributed by atoms with Crippen molar-refractivity contribution in [2.45, 2.75) is 20.8 Å². The normalized spacial score (nSPS) is 10.6. The number of thiophene rings is 1. The highest BCUT2D eigenvalue weighted by molar-refractivity contribution is 7.15. The summed E-state index contributed by atoms with van der Waals surface area (Å²) >= 11 is 1.63. The Morgan fingerprint density at radius 1 is 1.27 bits per heavy atom. The van der Waals surface area contributed by atoms with Crippen LogP contribution in [0.15, 0.2) is 16.9 Å². The maximum absolute atomic E-state index is 11.5. The van der Waals surface area contributed by atoms with Gasteiger partial charge in [-0.05, 0) is 32.9 Å². The van der Waals surface area contributed by atoms with E-state index in [4.69, 9.17) is 0 Å². The summed E-state index contributed by atoms with van der Waals surface area (Å²) in [6.45, 7) is 5.67. The predicted octanol–water partition coefficient (Wildman–Crippen LogP) is 2.42. The van der Waals surface area contributed by atoms with Crippen molar-refractivity contribution in [3.63, 3.8) is 0 Å². The van der Waals surface area contributed by atoms with Crippen LogP contribution in [0.4, 0.5) is 0 Å².